The standard InChI is InChI=1S/C71H115ClF3N11O11/c1-14-44(6)59-67(95)81(11)46(8)63(91)86-36-32-54(86)66(94)84(15-2)56(40-48-26-24-43(5)25-27-48)65(93)79(9)41-57(87)76-52(31-29-47-28-30-50(51(72)39-47)71(73,74)75)64(92)85-35-20-23-53(85)62(90)78-70(33-18-19-34-70)69(97)83(13)60(49-21-16-17-22-49)68(96)80(10)45(7)38-58(88)82(12)55(37-42(3)4)61(89)77-59/h42-56,59-60H,14-41H2,1-13H3,(H,76,87)(H,77,89)(H,78,90)/t43?,44-,45+,46-,47?,48?,50?,51?,52-,53-,54-,55-,56-,59-,60-/m0/s1. The molecule has 3 heterocycles. The molecule has 97 heavy (non-hydrogen) atoms. The maximum Gasteiger partial charge on any atom is 0.393 e. The summed E-state index contributed by atoms with van der Waals surface area (Å²) in [6.07, 6.45) is 5.31. The van der Waals surface area contributed by atoms with Gasteiger partial charge in [0.15, 0.2) is 0 Å². The summed E-state index contributed by atoms with van der Waals surface area (Å²) in [6, 6.07) is -9.48. The number of nitrogens with zero attached hydrogens (tertiary/aromatic N) is 8. The van der Waals surface area contributed by atoms with Gasteiger partial charge in [-0.05, 0) is 146 Å². The molecule has 0 aromatic rings. The third-order valence-electron chi connectivity index (χ3n) is 23.4. The molecule has 0 aromatic carbocycles. The lowest BCUT2D eigenvalue weighted by atomic mass is 9.78. The number of carbonyl (C=O) groups excluding carboxylic acids is 11. The van der Waals surface area contributed by atoms with Crippen LogP contribution in [0.5, 0.6) is 0 Å². The Morgan fingerprint density at radius 3 is 1.81 bits per heavy atom. The van der Waals surface area contributed by atoms with Gasteiger partial charge in [-0.15, -0.1) is 11.6 Å². The van der Waals surface area contributed by atoms with Crippen molar-refractivity contribution < 1.29 is 65.9 Å². The summed E-state index contributed by atoms with van der Waals surface area (Å²) in [7, 11) is 7.61. The molecule has 0 aromatic heterocycles. The SMILES string of the molecule is CC[C@H](C)[C@@H]1NC(=O)[C@H](CC(C)C)N(C)C(=O)C[C@@H](C)N(C)C(=O)[C@H](C2CCCC2)N(C)C(=O)C2(CCCC2)NC(=O)[C@@H]2CCCN2C(=O)[C@H](CCC2CCC(C(F)(F)F)C(Cl)C2)NC(=O)CN(C)C(=O)[C@H](CC2CCC(C)CC2)N(CC)C(=O)[C@@H]2CCN2C(=O)[C@H](C)N(C)C1=O. The zero-order valence-corrected chi connectivity index (χ0v) is 61.0. The highest BCUT2D eigenvalue weighted by molar-refractivity contribution is 6.20. The van der Waals surface area contributed by atoms with E-state index in [0.29, 0.717) is 44.4 Å². The molecule has 4 saturated carbocycles. The Morgan fingerprint density at radius 2 is 1.24 bits per heavy atom. The second-order valence-electron chi connectivity index (χ2n) is 30.6. The molecule has 7 aliphatic rings. The lowest BCUT2D eigenvalue weighted by molar-refractivity contribution is -0.182. The van der Waals surface area contributed by atoms with Gasteiger partial charge in [0.25, 0.3) is 0 Å². The number of amides is 11. The van der Waals surface area contributed by atoms with E-state index in [1.54, 1.807) is 34.9 Å². The van der Waals surface area contributed by atoms with Gasteiger partial charge < -0.3 is 55.1 Å². The number of fused-ring (bicyclic) bond motifs is 2. The third kappa shape index (κ3) is 18.6. The van der Waals surface area contributed by atoms with Crippen LogP contribution in [0, 0.1) is 41.4 Å². The molecule has 26 heteroatoms. The molecule has 3 aliphatic heterocycles. The van der Waals surface area contributed by atoms with Crippen LogP contribution in [0.1, 0.15) is 209 Å². The summed E-state index contributed by atoms with van der Waals surface area (Å²) < 4.78 is 42.0. The van der Waals surface area contributed by atoms with Gasteiger partial charge in [-0.2, -0.15) is 13.2 Å². The van der Waals surface area contributed by atoms with Gasteiger partial charge in [0.1, 0.15) is 53.9 Å². The second-order valence-corrected chi connectivity index (χ2v) is 31.2. The minimum Gasteiger partial charge on any atom is -0.343 e. The molecular formula is C71H115ClF3N11O11. The topological polar surface area (TPSA) is 250 Å². The number of hydrogen-bond donors (Lipinski definition) is 3. The van der Waals surface area contributed by atoms with Crippen molar-refractivity contribution in [3.05, 3.63) is 0 Å². The Bertz CT molecular complexity index is 2810. The van der Waals surface area contributed by atoms with Crippen LogP contribution in [0.4, 0.5) is 13.2 Å². The van der Waals surface area contributed by atoms with Crippen LogP contribution >= 0.6 is 11.6 Å². The van der Waals surface area contributed by atoms with Gasteiger partial charge in [0, 0.05) is 72.7 Å². The summed E-state index contributed by atoms with van der Waals surface area (Å²) in [5.41, 5.74) is -1.46. The summed E-state index contributed by atoms with van der Waals surface area (Å²) in [6.45, 7) is 14.5. The Morgan fingerprint density at radius 1 is 0.608 bits per heavy atom. The summed E-state index contributed by atoms with van der Waals surface area (Å²) >= 11 is 6.42. The molecule has 548 valence electrons. The van der Waals surface area contributed by atoms with Crippen molar-refractivity contribution in [2.45, 2.75) is 281 Å². The number of hydrogen-bond acceptors (Lipinski definition) is 11. The molecule has 3 unspecified atom stereocenters. The Kier molecular flexibility index (Phi) is 27.6. The monoisotopic (exact) mass is 1390 g/mol. The number of likely N-dealkylation sites (N-methyl/N-ethyl adjacent to an activating group) is 6. The first-order chi connectivity index (χ1) is 45.7. The van der Waals surface area contributed by atoms with E-state index in [1.165, 1.54) is 60.3 Å². The Labute approximate surface area is 579 Å². The van der Waals surface area contributed by atoms with E-state index in [4.69, 9.17) is 11.6 Å². The molecule has 0 radical (unpaired) electrons. The van der Waals surface area contributed by atoms with Crippen molar-refractivity contribution in [2.75, 3.05) is 61.4 Å². The summed E-state index contributed by atoms with van der Waals surface area (Å²) in [5, 5.41) is 7.75. The fourth-order valence-electron chi connectivity index (χ4n) is 16.5. The lowest BCUT2D eigenvalue weighted by Crippen LogP contribution is -2.65. The Balaban J connectivity index is 1.25. The average molecular weight is 1390 g/mol. The molecule has 0 bridgehead atoms. The van der Waals surface area contributed by atoms with E-state index < -0.39 is 155 Å². The third-order valence-corrected chi connectivity index (χ3v) is 23.9. The van der Waals surface area contributed by atoms with E-state index in [1.807, 2.05) is 27.7 Å². The maximum atomic E-state index is 15.4. The number of halogens is 4. The normalized spacial score (nSPS) is 32.9. The second kappa shape index (κ2) is 34.1. The van der Waals surface area contributed by atoms with E-state index in [0.717, 1.165) is 38.5 Å². The van der Waals surface area contributed by atoms with E-state index >= 15 is 28.8 Å². The van der Waals surface area contributed by atoms with Crippen LogP contribution in [0.2, 0.25) is 0 Å². The molecule has 13 atom stereocenters. The Hall–Kier alpha value is -5.75. The van der Waals surface area contributed by atoms with Crippen LogP contribution in [0.25, 0.3) is 0 Å². The van der Waals surface area contributed by atoms with Crippen molar-refractivity contribution in [1.29, 1.82) is 0 Å². The summed E-state index contributed by atoms with van der Waals surface area (Å²) in [4.78, 5) is 176. The molecule has 3 saturated heterocycles. The molecule has 7 fully saturated rings. The first-order valence-corrected chi connectivity index (χ1v) is 36.9. The number of alkyl halides is 4. The largest absolute Gasteiger partial charge is 0.393 e. The van der Waals surface area contributed by atoms with Gasteiger partial charge in [0.05, 0.1) is 12.5 Å². The zero-order valence-electron chi connectivity index (χ0n) is 60.2. The highest BCUT2D eigenvalue weighted by atomic mass is 35.5. The van der Waals surface area contributed by atoms with Crippen molar-refractivity contribution in [2.24, 2.45) is 41.4 Å². The van der Waals surface area contributed by atoms with Crippen molar-refractivity contribution >= 4 is 76.6 Å². The first kappa shape index (κ1) is 78.6. The minimum absolute atomic E-state index is 0.0199. The number of nitrogens with one attached hydrogen (secondary N) is 3. The van der Waals surface area contributed by atoms with E-state index in [2.05, 4.69) is 22.9 Å². The minimum atomic E-state index is -4.49. The molecule has 11 amide bonds. The predicted octanol–water partition coefficient (Wildman–Crippen LogP) is 7.27. The van der Waals surface area contributed by atoms with E-state index in [9.17, 15) is 37.1 Å². The smallest absolute Gasteiger partial charge is 0.343 e. The van der Waals surface area contributed by atoms with Crippen LogP contribution in [0.15, 0.2) is 0 Å². The van der Waals surface area contributed by atoms with E-state index in [-0.39, 0.29) is 120 Å². The molecule has 22 nitrogen and oxygen atoms in total. The van der Waals surface area contributed by atoms with Crippen LogP contribution < -0.4 is 16.0 Å². The van der Waals surface area contributed by atoms with Crippen LogP contribution in [0.3, 0.4) is 0 Å². The van der Waals surface area contributed by atoms with Gasteiger partial charge in [-0.1, -0.05) is 92.4 Å². The van der Waals surface area contributed by atoms with Crippen LogP contribution in [-0.2, 0) is 52.7 Å². The number of rotatable bonds is 11. The average Bonchev–Trinajstić information content (AvgIpc) is 1.77. The first-order valence-electron chi connectivity index (χ1n) is 36.5. The molecule has 1 spiro atoms. The predicted molar refractivity (Wildman–Crippen MR) is 361 cm³/mol. The highest BCUT2D eigenvalue weighted by Crippen LogP contribution is 2.44. The fraction of sp³-hybridized carbons (Fsp3) is 0.845. The quantitative estimate of drug-likeness (QED) is 0.174. The maximum absolute atomic E-state index is 15.4. The van der Waals surface area contributed by atoms with Gasteiger partial charge in [0.2, 0.25) is 65.0 Å². The lowest BCUT2D eigenvalue weighted by Gasteiger charge is -2.46. The number of carbonyl (C=O) groups is 11. The summed E-state index contributed by atoms with van der Waals surface area (Å²) in [5.74, 6) is -8.24. The van der Waals surface area contributed by atoms with Crippen molar-refractivity contribution in [3.8, 4) is 0 Å². The molecule has 3 N–H and O–H groups in total. The van der Waals surface area contributed by atoms with Crippen molar-refractivity contribution in [3.63, 3.8) is 0 Å². The van der Waals surface area contributed by atoms with Crippen LogP contribution in [-0.4, -0.2) is 237 Å². The molecule has 4 aliphatic carbocycles. The van der Waals surface area contributed by atoms with Gasteiger partial charge >= 0.3 is 6.18 Å². The molecule has 7 rings (SSSR count). The van der Waals surface area contributed by atoms with Gasteiger partial charge in [-0.3, -0.25) is 52.7 Å². The van der Waals surface area contributed by atoms with Gasteiger partial charge in [-0.25, -0.2) is 0 Å². The van der Waals surface area contributed by atoms with Crippen molar-refractivity contribution in [1.82, 2.24) is 55.1 Å². The molecular weight excluding hydrogens is 1280 g/mol. The fourth-order valence-corrected chi connectivity index (χ4v) is 17.0. The zero-order chi connectivity index (χ0) is 71.7. The highest BCUT2D eigenvalue weighted by Gasteiger charge is 2.53.